The first kappa shape index (κ1) is 23.6. The van der Waals surface area contributed by atoms with Crippen LogP contribution in [0, 0.1) is 0 Å². The Morgan fingerprint density at radius 2 is 1.50 bits per heavy atom. The van der Waals surface area contributed by atoms with Crippen molar-refractivity contribution < 1.29 is 24.8 Å². The van der Waals surface area contributed by atoms with Gasteiger partial charge >= 0.3 is 0 Å². The molecular formula is C21H40O5. The second kappa shape index (κ2) is 15.6. The predicted molar refractivity (Wildman–Crippen MR) is 104 cm³/mol. The fraction of sp³-hybridized carbons (Fsp3) is 0.905. The molecule has 0 radical (unpaired) electrons. The van der Waals surface area contributed by atoms with Crippen molar-refractivity contribution in [2.45, 2.75) is 102 Å². The fourth-order valence-electron chi connectivity index (χ4n) is 3.28. The largest absolute Gasteiger partial charge is 0.394 e. The van der Waals surface area contributed by atoms with Crippen molar-refractivity contribution in [3.8, 4) is 0 Å². The Hall–Kier alpha value is -0.460. The molecule has 1 heterocycles. The molecule has 4 atom stereocenters. The molecule has 154 valence electrons. The third-order valence-corrected chi connectivity index (χ3v) is 5.06. The summed E-state index contributed by atoms with van der Waals surface area (Å²) in [6.45, 7) is 2.55. The van der Waals surface area contributed by atoms with Gasteiger partial charge in [-0.2, -0.15) is 0 Å². The molecule has 0 unspecified atom stereocenters. The molecule has 0 amide bonds. The van der Waals surface area contributed by atoms with Crippen molar-refractivity contribution in [3.63, 3.8) is 0 Å². The van der Waals surface area contributed by atoms with Gasteiger partial charge in [-0.3, -0.25) is 0 Å². The Labute approximate surface area is 159 Å². The van der Waals surface area contributed by atoms with Crippen LogP contribution < -0.4 is 0 Å². The van der Waals surface area contributed by atoms with E-state index in [2.05, 4.69) is 13.0 Å². The van der Waals surface area contributed by atoms with Gasteiger partial charge in [-0.1, -0.05) is 76.9 Å². The highest BCUT2D eigenvalue weighted by molar-refractivity contribution is 4.89. The predicted octanol–water partition coefficient (Wildman–Crippen LogP) is 3.35. The summed E-state index contributed by atoms with van der Waals surface area (Å²) in [4.78, 5) is 0. The molecule has 0 aromatic heterocycles. The number of unbranched alkanes of at least 4 members (excludes halogenated alkanes) is 10. The van der Waals surface area contributed by atoms with E-state index in [1.807, 2.05) is 6.08 Å². The maximum Gasteiger partial charge on any atom is 0.111 e. The zero-order chi connectivity index (χ0) is 19.0. The van der Waals surface area contributed by atoms with Crippen LogP contribution in [0.4, 0.5) is 0 Å². The molecule has 1 aliphatic rings. The lowest BCUT2D eigenvalue weighted by molar-refractivity contribution is -0.205. The lowest BCUT2D eigenvalue weighted by Gasteiger charge is -2.36. The molecule has 1 saturated heterocycles. The molecule has 5 nitrogen and oxygen atoms in total. The van der Waals surface area contributed by atoms with Crippen LogP contribution in [0.3, 0.4) is 0 Å². The summed E-state index contributed by atoms with van der Waals surface area (Å²) in [5.41, 5.74) is 0. The Kier molecular flexibility index (Phi) is 14.1. The van der Waals surface area contributed by atoms with E-state index in [9.17, 15) is 10.2 Å². The van der Waals surface area contributed by atoms with Gasteiger partial charge in [0.05, 0.1) is 19.8 Å². The monoisotopic (exact) mass is 372 g/mol. The number of hydrogen-bond donors (Lipinski definition) is 3. The highest BCUT2D eigenvalue weighted by atomic mass is 16.6. The first-order chi connectivity index (χ1) is 12.7. The number of hydrogen-bond acceptors (Lipinski definition) is 5. The van der Waals surface area contributed by atoms with Gasteiger partial charge in [0, 0.05) is 0 Å². The standard InChI is InChI=1S/C21H40O5/c1-2-3-4-5-6-7-8-9-10-11-12-13-14-15-25-19-17-26-18(16-22)20(23)21(19)24/h13-14,18-24H,2-12,15-17H2,1H3/b14-13+/t18-,19+,20-,21-/m1/s1. The maximum absolute atomic E-state index is 9.95. The smallest absolute Gasteiger partial charge is 0.111 e. The van der Waals surface area contributed by atoms with E-state index in [1.54, 1.807) is 0 Å². The summed E-state index contributed by atoms with van der Waals surface area (Å²) >= 11 is 0. The van der Waals surface area contributed by atoms with Gasteiger partial charge in [-0.05, 0) is 12.8 Å². The molecule has 3 N–H and O–H groups in total. The van der Waals surface area contributed by atoms with E-state index in [4.69, 9.17) is 14.6 Å². The molecule has 0 aromatic carbocycles. The van der Waals surface area contributed by atoms with Crippen molar-refractivity contribution >= 4 is 0 Å². The number of aliphatic hydroxyl groups excluding tert-OH is 3. The summed E-state index contributed by atoms with van der Waals surface area (Å²) in [5.74, 6) is 0. The van der Waals surface area contributed by atoms with Gasteiger partial charge in [0.2, 0.25) is 0 Å². The second-order valence-electron chi connectivity index (χ2n) is 7.35. The minimum Gasteiger partial charge on any atom is -0.394 e. The zero-order valence-electron chi connectivity index (χ0n) is 16.5. The van der Waals surface area contributed by atoms with Crippen LogP contribution in [0.25, 0.3) is 0 Å². The van der Waals surface area contributed by atoms with Crippen molar-refractivity contribution in [2.24, 2.45) is 0 Å². The van der Waals surface area contributed by atoms with Crippen molar-refractivity contribution in [2.75, 3.05) is 19.8 Å². The van der Waals surface area contributed by atoms with Crippen LogP contribution in [0.5, 0.6) is 0 Å². The maximum atomic E-state index is 9.95. The first-order valence-corrected chi connectivity index (χ1v) is 10.6. The first-order valence-electron chi connectivity index (χ1n) is 10.6. The number of rotatable bonds is 15. The minimum atomic E-state index is -1.10. The Morgan fingerprint density at radius 1 is 0.885 bits per heavy atom. The molecule has 0 saturated carbocycles. The van der Waals surface area contributed by atoms with Crippen molar-refractivity contribution in [1.29, 1.82) is 0 Å². The molecule has 1 aliphatic heterocycles. The van der Waals surface area contributed by atoms with Gasteiger partial charge in [-0.25, -0.2) is 0 Å². The lowest BCUT2D eigenvalue weighted by Crippen LogP contribution is -2.54. The van der Waals surface area contributed by atoms with Crippen LogP contribution in [0.15, 0.2) is 12.2 Å². The van der Waals surface area contributed by atoms with E-state index in [0.717, 1.165) is 6.42 Å². The van der Waals surface area contributed by atoms with Gasteiger partial charge in [0.1, 0.15) is 24.4 Å². The van der Waals surface area contributed by atoms with Gasteiger partial charge in [0.15, 0.2) is 0 Å². The van der Waals surface area contributed by atoms with E-state index in [-0.39, 0.29) is 13.2 Å². The molecular weight excluding hydrogens is 332 g/mol. The molecule has 26 heavy (non-hydrogen) atoms. The minimum absolute atomic E-state index is 0.190. The molecule has 0 bridgehead atoms. The number of aliphatic hydroxyl groups is 3. The van der Waals surface area contributed by atoms with Gasteiger partial charge in [0.25, 0.3) is 0 Å². The number of ether oxygens (including phenoxy) is 2. The van der Waals surface area contributed by atoms with Crippen LogP contribution >= 0.6 is 0 Å². The van der Waals surface area contributed by atoms with E-state index in [1.165, 1.54) is 64.2 Å². The van der Waals surface area contributed by atoms with Crippen LogP contribution in [0.1, 0.15) is 77.6 Å². The highest BCUT2D eigenvalue weighted by Crippen LogP contribution is 2.17. The number of allylic oxidation sites excluding steroid dienone is 1. The van der Waals surface area contributed by atoms with Gasteiger partial charge in [-0.15, -0.1) is 0 Å². The SMILES string of the molecule is CCCCCCCCCCCC/C=C/CO[C@H]1CO[C@H](CO)[C@@H](O)[C@@H]1O. The summed E-state index contributed by atoms with van der Waals surface area (Å²) in [6, 6.07) is 0. The Morgan fingerprint density at radius 3 is 2.12 bits per heavy atom. The molecule has 5 heteroatoms. The van der Waals surface area contributed by atoms with Crippen LogP contribution in [-0.2, 0) is 9.47 Å². The third-order valence-electron chi connectivity index (χ3n) is 5.06. The van der Waals surface area contributed by atoms with E-state index < -0.39 is 24.4 Å². The van der Waals surface area contributed by atoms with Crippen LogP contribution in [0.2, 0.25) is 0 Å². The van der Waals surface area contributed by atoms with Crippen molar-refractivity contribution in [1.82, 2.24) is 0 Å². The topological polar surface area (TPSA) is 79.2 Å². The highest BCUT2D eigenvalue weighted by Gasteiger charge is 2.38. The summed E-state index contributed by atoms with van der Waals surface area (Å²) in [5, 5.41) is 28.8. The second-order valence-corrected chi connectivity index (χ2v) is 7.35. The summed E-state index contributed by atoms with van der Waals surface area (Å²) in [6.07, 6.45) is 15.2. The van der Waals surface area contributed by atoms with Crippen molar-refractivity contribution in [3.05, 3.63) is 12.2 Å². The van der Waals surface area contributed by atoms with E-state index >= 15 is 0 Å². The Balaban J connectivity index is 1.92. The third kappa shape index (κ3) is 10.0. The fourth-order valence-corrected chi connectivity index (χ4v) is 3.28. The molecule has 0 aliphatic carbocycles. The van der Waals surface area contributed by atoms with E-state index in [0.29, 0.717) is 6.61 Å². The average Bonchev–Trinajstić information content (AvgIpc) is 2.65. The summed E-state index contributed by atoms with van der Waals surface area (Å²) in [7, 11) is 0. The quantitative estimate of drug-likeness (QED) is 0.303. The molecule has 0 aromatic rings. The molecule has 1 fully saturated rings. The Bertz CT molecular complexity index is 347. The van der Waals surface area contributed by atoms with Gasteiger partial charge < -0.3 is 24.8 Å². The molecule has 0 spiro atoms. The normalized spacial score (nSPS) is 26.6. The average molecular weight is 373 g/mol. The lowest BCUT2D eigenvalue weighted by atomic mass is 10.0. The summed E-state index contributed by atoms with van der Waals surface area (Å²) < 4.78 is 10.8. The molecule has 1 rings (SSSR count). The zero-order valence-corrected chi connectivity index (χ0v) is 16.5. The van der Waals surface area contributed by atoms with Crippen LogP contribution in [-0.4, -0.2) is 59.6 Å².